The van der Waals surface area contributed by atoms with Crippen molar-refractivity contribution >= 4 is 24.0 Å². The average Bonchev–Trinajstić information content (AvgIpc) is 2.90. The molecule has 1 atom stereocenters. The fourth-order valence-electron chi connectivity index (χ4n) is 1.76. The molecule has 5 nitrogen and oxygen atoms in total. The fourth-order valence-corrected chi connectivity index (χ4v) is 1.76. The topological polar surface area (TPSA) is 83.8 Å². The zero-order valence-electron chi connectivity index (χ0n) is 11.3. The first kappa shape index (κ1) is 16.2. The second-order valence-electron chi connectivity index (χ2n) is 4.62. The molecule has 0 fully saturated rings. The Morgan fingerprint density at radius 1 is 1.45 bits per heavy atom. The van der Waals surface area contributed by atoms with Crippen LogP contribution in [-0.4, -0.2) is 22.1 Å². The van der Waals surface area contributed by atoms with Gasteiger partial charge in [-0.15, -0.1) is 12.4 Å². The maximum Gasteiger partial charge on any atom is 0.224 e. The number of nitrogens with one attached hydrogen (secondary N) is 2. The largest absolute Gasteiger partial charge is 0.328 e. The first-order valence-corrected chi connectivity index (χ1v) is 6.30. The first-order valence-electron chi connectivity index (χ1n) is 6.30. The van der Waals surface area contributed by atoms with Crippen LogP contribution in [0.2, 0.25) is 0 Å². The van der Waals surface area contributed by atoms with Crippen LogP contribution in [-0.2, 0) is 4.79 Å². The number of benzene rings is 1. The molecular formula is C14H19ClN4O. The zero-order chi connectivity index (χ0) is 13.7. The molecule has 6 heteroatoms. The normalized spacial score (nSPS) is 11.5. The van der Waals surface area contributed by atoms with E-state index in [-0.39, 0.29) is 24.4 Å². The number of hydrogen-bond acceptors (Lipinski definition) is 3. The molecule has 0 spiro atoms. The summed E-state index contributed by atoms with van der Waals surface area (Å²) in [5.41, 5.74) is 8.32. The molecular weight excluding hydrogens is 276 g/mol. The van der Waals surface area contributed by atoms with Gasteiger partial charge in [0.2, 0.25) is 5.91 Å². The van der Waals surface area contributed by atoms with E-state index in [2.05, 4.69) is 15.5 Å². The van der Waals surface area contributed by atoms with Crippen molar-refractivity contribution in [1.29, 1.82) is 0 Å². The van der Waals surface area contributed by atoms with Crippen LogP contribution in [0.4, 0.5) is 5.69 Å². The van der Waals surface area contributed by atoms with E-state index in [9.17, 15) is 4.79 Å². The number of hydrogen-bond donors (Lipinski definition) is 3. The van der Waals surface area contributed by atoms with Crippen LogP contribution in [0.25, 0.3) is 11.3 Å². The molecule has 1 aromatic heterocycles. The van der Waals surface area contributed by atoms with Crippen LogP contribution in [0.5, 0.6) is 0 Å². The number of aromatic amines is 1. The van der Waals surface area contributed by atoms with Crippen LogP contribution in [0.1, 0.15) is 19.8 Å². The molecule has 0 aliphatic carbocycles. The lowest BCUT2D eigenvalue weighted by molar-refractivity contribution is -0.116. The number of aromatic nitrogens is 2. The summed E-state index contributed by atoms with van der Waals surface area (Å²) in [6.07, 6.45) is 2.82. The molecule has 1 unspecified atom stereocenters. The Morgan fingerprint density at radius 3 is 2.90 bits per heavy atom. The lowest BCUT2D eigenvalue weighted by Gasteiger charge is -2.08. The predicted octanol–water partition coefficient (Wildman–Crippen LogP) is 2.56. The minimum absolute atomic E-state index is 0. The highest BCUT2D eigenvalue weighted by atomic mass is 35.5. The number of halogens is 1. The SMILES string of the molecule is CC(N)CCC(=O)Nc1cccc(-c2ccn[nH]2)c1.Cl. The van der Waals surface area contributed by atoms with Gasteiger partial charge in [-0.1, -0.05) is 12.1 Å². The maximum absolute atomic E-state index is 11.7. The Bertz CT molecular complexity index is 540. The number of anilines is 1. The van der Waals surface area contributed by atoms with Gasteiger partial charge in [-0.25, -0.2) is 0 Å². The monoisotopic (exact) mass is 294 g/mol. The highest BCUT2D eigenvalue weighted by Crippen LogP contribution is 2.20. The minimum Gasteiger partial charge on any atom is -0.328 e. The van der Waals surface area contributed by atoms with Crippen LogP contribution in [0.3, 0.4) is 0 Å². The molecule has 0 aliphatic rings. The number of carbonyl (C=O) groups is 1. The van der Waals surface area contributed by atoms with Gasteiger partial charge in [-0.3, -0.25) is 9.89 Å². The van der Waals surface area contributed by atoms with E-state index in [1.54, 1.807) is 6.20 Å². The highest BCUT2D eigenvalue weighted by molar-refractivity contribution is 5.91. The highest BCUT2D eigenvalue weighted by Gasteiger charge is 2.05. The van der Waals surface area contributed by atoms with Gasteiger partial charge >= 0.3 is 0 Å². The molecule has 1 heterocycles. The van der Waals surface area contributed by atoms with Crippen LogP contribution in [0.15, 0.2) is 36.5 Å². The van der Waals surface area contributed by atoms with E-state index in [4.69, 9.17) is 5.73 Å². The fraction of sp³-hybridized carbons (Fsp3) is 0.286. The number of H-pyrrole nitrogens is 1. The van der Waals surface area contributed by atoms with E-state index in [0.717, 1.165) is 16.9 Å². The molecule has 108 valence electrons. The summed E-state index contributed by atoms with van der Waals surface area (Å²) in [7, 11) is 0. The molecule has 1 amide bonds. The Balaban J connectivity index is 0.00000200. The van der Waals surface area contributed by atoms with Gasteiger partial charge in [-0.2, -0.15) is 5.10 Å². The van der Waals surface area contributed by atoms with Gasteiger partial charge in [-0.05, 0) is 31.5 Å². The van der Waals surface area contributed by atoms with Crippen LogP contribution >= 0.6 is 12.4 Å². The lowest BCUT2D eigenvalue weighted by atomic mass is 10.1. The summed E-state index contributed by atoms with van der Waals surface area (Å²) in [4.78, 5) is 11.7. The third-order valence-electron chi connectivity index (χ3n) is 2.78. The molecule has 4 N–H and O–H groups in total. The van der Waals surface area contributed by atoms with Crippen LogP contribution in [0, 0.1) is 0 Å². The number of nitrogens with zero attached hydrogens (tertiary/aromatic N) is 1. The van der Waals surface area contributed by atoms with Crippen molar-refractivity contribution in [3.05, 3.63) is 36.5 Å². The summed E-state index contributed by atoms with van der Waals surface area (Å²) in [5, 5.41) is 9.68. The third kappa shape index (κ3) is 4.68. The van der Waals surface area contributed by atoms with Gasteiger partial charge < -0.3 is 11.1 Å². The van der Waals surface area contributed by atoms with E-state index in [0.29, 0.717) is 12.8 Å². The summed E-state index contributed by atoms with van der Waals surface area (Å²) in [6, 6.07) is 9.57. The number of carbonyl (C=O) groups excluding carboxylic acids is 1. The van der Waals surface area contributed by atoms with Crippen molar-refractivity contribution in [3.8, 4) is 11.3 Å². The second kappa shape index (κ2) is 7.67. The number of amides is 1. The lowest BCUT2D eigenvalue weighted by Crippen LogP contribution is -2.19. The molecule has 1 aromatic carbocycles. The Morgan fingerprint density at radius 2 is 2.25 bits per heavy atom. The molecule has 2 rings (SSSR count). The summed E-state index contributed by atoms with van der Waals surface area (Å²) in [6.45, 7) is 1.89. The smallest absolute Gasteiger partial charge is 0.224 e. The summed E-state index contributed by atoms with van der Waals surface area (Å²) in [5.74, 6) is -0.0148. The average molecular weight is 295 g/mol. The molecule has 0 bridgehead atoms. The molecule has 0 saturated carbocycles. The van der Waals surface area contributed by atoms with Gasteiger partial charge in [0.05, 0.1) is 5.69 Å². The zero-order valence-corrected chi connectivity index (χ0v) is 12.1. The van der Waals surface area contributed by atoms with Crippen molar-refractivity contribution in [2.75, 3.05) is 5.32 Å². The molecule has 0 aliphatic heterocycles. The molecule has 0 radical (unpaired) electrons. The molecule has 0 saturated heterocycles. The standard InChI is InChI=1S/C14H18N4O.ClH/c1-10(15)5-6-14(19)17-12-4-2-3-11(9-12)13-7-8-16-18-13;/h2-4,7-10H,5-6,15H2,1H3,(H,16,18)(H,17,19);1H. The van der Waals surface area contributed by atoms with Crippen molar-refractivity contribution in [2.24, 2.45) is 5.73 Å². The van der Waals surface area contributed by atoms with Crippen molar-refractivity contribution < 1.29 is 4.79 Å². The predicted molar refractivity (Wildman–Crippen MR) is 82.8 cm³/mol. The maximum atomic E-state index is 11.7. The van der Waals surface area contributed by atoms with Crippen LogP contribution < -0.4 is 11.1 Å². The Kier molecular flexibility index (Phi) is 6.21. The van der Waals surface area contributed by atoms with Crippen molar-refractivity contribution in [3.63, 3.8) is 0 Å². The molecule has 2 aromatic rings. The summed E-state index contributed by atoms with van der Waals surface area (Å²) >= 11 is 0. The van der Waals surface area contributed by atoms with Gasteiger partial charge in [0.25, 0.3) is 0 Å². The number of rotatable bonds is 5. The van der Waals surface area contributed by atoms with Gasteiger partial charge in [0.15, 0.2) is 0 Å². The van der Waals surface area contributed by atoms with E-state index < -0.39 is 0 Å². The third-order valence-corrected chi connectivity index (χ3v) is 2.78. The Labute approximate surface area is 124 Å². The summed E-state index contributed by atoms with van der Waals surface area (Å²) < 4.78 is 0. The Hall–Kier alpha value is -1.85. The van der Waals surface area contributed by atoms with Gasteiger partial charge in [0, 0.05) is 29.9 Å². The first-order chi connectivity index (χ1) is 9.15. The minimum atomic E-state index is -0.0148. The van der Waals surface area contributed by atoms with E-state index in [1.165, 1.54) is 0 Å². The second-order valence-corrected chi connectivity index (χ2v) is 4.62. The quantitative estimate of drug-likeness (QED) is 0.792. The van der Waals surface area contributed by atoms with Gasteiger partial charge in [0.1, 0.15) is 0 Å². The van der Waals surface area contributed by atoms with E-state index in [1.807, 2.05) is 37.3 Å². The number of nitrogens with two attached hydrogens (primary N) is 1. The molecule has 20 heavy (non-hydrogen) atoms. The van der Waals surface area contributed by atoms with E-state index >= 15 is 0 Å². The van der Waals surface area contributed by atoms with Crippen molar-refractivity contribution in [1.82, 2.24) is 10.2 Å². The van der Waals surface area contributed by atoms with Crippen molar-refractivity contribution in [2.45, 2.75) is 25.8 Å².